The number of hydrogen-bond acceptors (Lipinski definition) is 9. The SMILES string of the molecule is CCCOC(=O)c1c(NC(=O)c2cc([N+](=O)[O-])[nH]n2)sc(C(=O)OC)c1C. The third kappa shape index (κ3) is 4.28. The van der Waals surface area contributed by atoms with E-state index >= 15 is 0 Å². The van der Waals surface area contributed by atoms with Crippen molar-refractivity contribution < 1.29 is 28.8 Å². The second kappa shape index (κ2) is 8.40. The first kappa shape index (κ1) is 20.0. The van der Waals surface area contributed by atoms with Crippen LogP contribution < -0.4 is 5.32 Å². The molecular weight excluding hydrogens is 380 g/mol. The van der Waals surface area contributed by atoms with Gasteiger partial charge in [0, 0.05) is 0 Å². The summed E-state index contributed by atoms with van der Waals surface area (Å²) in [4.78, 5) is 46.7. The molecule has 0 saturated carbocycles. The zero-order valence-electron chi connectivity index (χ0n) is 14.7. The molecule has 0 fully saturated rings. The van der Waals surface area contributed by atoms with Gasteiger partial charge in [0.05, 0.1) is 25.3 Å². The molecule has 11 nitrogen and oxygen atoms in total. The van der Waals surface area contributed by atoms with E-state index in [2.05, 4.69) is 20.3 Å². The highest BCUT2D eigenvalue weighted by atomic mass is 32.1. The fourth-order valence-corrected chi connectivity index (χ4v) is 3.20. The number of thiophene rings is 1. The number of hydrogen-bond donors (Lipinski definition) is 2. The number of carbonyl (C=O) groups excluding carboxylic acids is 3. The number of ether oxygens (including phenoxy) is 2. The number of anilines is 1. The number of amides is 1. The van der Waals surface area contributed by atoms with Gasteiger partial charge < -0.3 is 24.9 Å². The molecule has 2 aromatic rings. The fourth-order valence-electron chi connectivity index (χ4n) is 2.09. The van der Waals surface area contributed by atoms with Gasteiger partial charge >= 0.3 is 17.8 Å². The standard InChI is InChI=1S/C15H16N4O7S/c1-4-5-26-14(21)10-7(2)11(15(22)25-3)27-13(10)16-12(20)8-6-9(18-17-8)19(23)24/h6H,4-5H2,1-3H3,(H,16,20)(H,17,18). The maximum Gasteiger partial charge on any atom is 0.348 e. The number of nitrogens with one attached hydrogen (secondary N) is 2. The summed E-state index contributed by atoms with van der Waals surface area (Å²) in [5, 5.41) is 18.9. The first-order valence-electron chi connectivity index (χ1n) is 7.70. The monoisotopic (exact) mass is 396 g/mol. The van der Waals surface area contributed by atoms with E-state index in [9.17, 15) is 24.5 Å². The van der Waals surface area contributed by atoms with E-state index in [1.54, 1.807) is 0 Å². The molecule has 0 unspecified atom stereocenters. The van der Waals surface area contributed by atoms with E-state index in [0.717, 1.165) is 17.4 Å². The summed E-state index contributed by atoms with van der Waals surface area (Å²) in [7, 11) is 1.19. The molecule has 0 aliphatic rings. The van der Waals surface area contributed by atoms with Gasteiger partial charge in [-0.15, -0.1) is 16.4 Å². The van der Waals surface area contributed by atoms with Crippen LogP contribution in [0.2, 0.25) is 0 Å². The van der Waals surface area contributed by atoms with Gasteiger partial charge in [0.1, 0.15) is 9.88 Å². The molecule has 0 bridgehead atoms. The van der Waals surface area contributed by atoms with Crippen LogP contribution in [0.5, 0.6) is 0 Å². The Kier molecular flexibility index (Phi) is 6.23. The minimum absolute atomic E-state index is 0.0206. The molecule has 0 atom stereocenters. The number of carbonyl (C=O) groups is 3. The van der Waals surface area contributed by atoms with Crippen molar-refractivity contribution in [2.45, 2.75) is 20.3 Å². The zero-order valence-corrected chi connectivity index (χ0v) is 15.5. The first-order chi connectivity index (χ1) is 12.8. The highest BCUT2D eigenvalue weighted by molar-refractivity contribution is 7.18. The molecule has 0 aliphatic carbocycles. The molecule has 2 aromatic heterocycles. The van der Waals surface area contributed by atoms with E-state index < -0.39 is 28.6 Å². The number of esters is 2. The van der Waals surface area contributed by atoms with Crippen molar-refractivity contribution in [1.29, 1.82) is 0 Å². The Balaban J connectivity index is 2.38. The van der Waals surface area contributed by atoms with E-state index in [1.807, 2.05) is 6.92 Å². The number of nitrogens with zero attached hydrogens (tertiary/aromatic N) is 2. The van der Waals surface area contributed by atoms with Crippen molar-refractivity contribution in [2.75, 3.05) is 19.0 Å². The molecule has 0 spiro atoms. The fraction of sp³-hybridized carbons (Fsp3) is 0.333. The maximum absolute atomic E-state index is 12.4. The minimum atomic E-state index is -0.790. The highest BCUT2D eigenvalue weighted by Crippen LogP contribution is 2.34. The number of rotatable bonds is 7. The van der Waals surface area contributed by atoms with Gasteiger partial charge in [-0.1, -0.05) is 12.0 Å². The summed E-state index contributed by atoms with van der Waals surface area (Å²) >= 11 is 0.838. The summed E-state index contributed by atoms with van der Waals surface area (Å²) in [5.74, 6) is -2.62. The lowest BCUT2D eigenvalue weighted by Gasteiger charge is -2.06. The third-order valence-electron chi connectivity index (χ3n) is 3.38. The normalized spacial score (nSPS) is 10.3. The van der Waals surface area contributed by atoms with Gasteiger partial charge in [0.15, 0.2) is 5.69 Å². The van der Waals surface area contributed by atoms with Crippen LogP contribution in [0.15, 0.2) is 6.07 Å². The quantitative estimate of drug-likeness (QED) is 0.410. The molecule has 0 saturated heterocycles. The van der Waals surface area contributed by atoms with Gasteiger partial charge in [0.2, 0.25) is 0 Å². The number of methoxy groups -OCH3 is 1. The van der Waals surface area contributed by atoms with Gasteiger partial charge in [-0.25, -0.2) is 9.59 Å². The second-order valence-electron chi connectivity index (χ2n) is 5.24. The summed E-state index contributed by atoms with van der Waals surface area (Å²) in [6.07, 6.45) is 0.595. The molecule has 12 heteroatoms. The molecular formula is C15H16N4O7S. The van der Waals surface area contributed by atoms with E-state index in [-0.39, 0.29) is 27.7 Å². The molecule has 0 aromatic carbocycles. The molecule has 2 rings (SSSR count). The van der Waals surface area contributed by atoms with Gasteiger partial charge in [-0.05, 0) is 23.8 Å². The van der Waals surface area contributed by atoms with E-state index in [1.165, 1.54) is 14.0 Å². The van der Waals surface area contributed by atoms with Crippen LogP contribution in [0, 0.1) is 17.0 Å². The predicted molar refractivity (Wildman–Crippen MR) is 94.2 cm³/mol. The molecule has 2 heterocycles. The van der Waals surface area contributed by atoms with E-state index in [4.69, 9.17) is 4.74 Å². The lowest BCUT2D eigenvalue weighted by molar-refractivity contribution is -0.389. The largest absolute Gasteiger partial charge is 0.465 e. The van der Waals surface area contributed by atoms with Crippen molar-refractivity contribution in [3.63, 3.8) is 0 Å². The zero-order chi connectivity index (χ0) is 20.1. The molecule has 1 amide bonds. The number of aromatic amines is 1. The molecule has 27 heavy (non-hydrogen) atoms. The lowest BCUT2D eigenvalue weighted by Crippen LogP contribution is -2.15. The van der Waals surface area contributed by atoms with Crippen molar-refractivity contribution in [3.8, 4) is 0 Å². The van der Waals surface area contributed by atoms with Gasteiger partial charge in [-0.3, -0.25) is 4.79 Å². The Morgan fingerprint density at radius 2 is 2.07 bits per heavy atom. The minimum Gasteiger partial charge on any atom is -0.465 e. The summed E-state index contributed by atoms with van der Waals surface area (Å²) in [6, 6.07) is 0.950. The molecule has 0 aliphatic heterocycles. The average molecular weight is 396 g/mol. The first-order valence-corrected chi connectivity index (χ1v) is 8.51. The van der Waals surface area contributed by atoms with Crippen LogP contribution in [-0.4, -0.2) is 46.7 Å². The Bertz CT molecular complexity index is 902. The van der Waals surface area contributed by atoms with Crippen LogP contribution in [0.4, 0.5) is 10.8 Å². The Labute approximate surface area is 156 Å². The van der Waals surface area contributed by atoms with Crippen LogP contribution >= 0.6 is 11.3 Å². The summed E-state index contributed by atoms with van der Waals surface area (Å²) in [6.45, 7) is 3.52. The van der Waals surface area contributed by atoms with Gasteiger partial charge in [-0.2, -0.15) is 0 Å². The topological polar surface area (TPSA) is 154 Å². The van der Waals surface area contributed by atoms with Crippen LogP contribution in [0.25, 0.3) is 0 Å². The molecule has 144 valence electrons. The Hall–Kier alpha value is -3.28. The van der Waals surface area contributed by atoms with Crippen molar-refractivity contribution >= 4 is 40.0 Å². The third-order valence-corrected chi connectivity index (χ3v) is 4.57. The average Bonchev–Trinajstić information content (AvgIpc) is 3.24. The van der Waals surface area contributed by atoms with Gasteiger partial charge in [0.25, 0.3) is 5.91 Å². The number of aromatic nitrogens is 2. The van der Waals surface area contributed by atoms with E-state index in [0.29, 0.717) is 12.0 Å². The molecule has 2 N–H and O–H groups in total. The van der Waals surface area contributed by atoms with Crippen LogP contribution in [0.1, 0.15) is 49.4 Å². The van der Waals surface area contributed by atoms with Crippen molar-refractivity contribution in [3.05, 3.63) is 37.9 Å². The Morgan fingerprint density at radius 1 is 1.37 bits per heavy atom. The highest BCUT2D eigenvalue weighted by Gasteiger charge is 2.28. The smallest absolute Gasteiger partial charge is 0.348 e. The predicted octanol–water partition coefficient (Wildman–Crippen LogP) is 2.29. The van der Waals surface area contributed by atoms with Crippen LogP contribution in [0.3, 0.4) is 0 Å². The van der Waals surface area contributed by atoms with Crippen molar-refractivity contribution in [1.82, 2.24) is 10.2 Å². The lowest BCUT2D eigenvalue weighted by atomic mass is 10.1. The second-order valence-corrected chi connectivity index (χ2v) is 6.26. The summed E-state index contributed by atoms with van der Waals surface area (Å²) < 4.78 is 9.78. The maximum atomic E-state index is 12.4. The number of nitro groups is 1. The number of H-pyrrole nitrogens is 1. The van der Waals surface area contributed by atoms with Crippen LogP contribution in [-0.2, 0) is 9.47 Å². The molecule has 0 radical (unpaired) electrons. The Morgan fingerprint density at radius 3 is 2.63 bits per heavy atom. The summed E-state index contributed by atoms with van der Waals surface area (Å²) in [5.41, 5.74) is 0.0729. The van der Waals surface area contributed by atoms with Crippen molar-refractivity contribution in [2.24, 2.45) is 0 Å².